The average molecular weight is 246 g/mol. The van der Waals surface area contributed by atoms with Gasteiger partial charge >= 0.3 is 0 Å². The van der Waals surface area contributed by atoms with Crippen LogP contribution in [0.4, 0.5) is 0 Å². The summed E-state index contributed by atoms with van der Waals surface area (Å²) in [5.74, 6) is 0. The number of nitrogens with zero attached hydrogens (tertiary/aromatic N) is 1. The molecule has 0 atom stereocenters. The van der Waals surface area contributed by atoms with Crippen molar-refractivity contribution in [1.82, 2.24) is 4.98 Å². The van der Waals surface area contributed by atoms with Crippen LogP contribution < -0.4 is 5.73 Å². The third-order valence-electron chi connectivity index (χ3n) is 4.06. The topological polar surface area (TPSA) is 38.9 Å². The van der Waals surface area contributed by atoms with Gasteiger partial charge in [0.25, 0.3) is 0 Å². The van der Waals surface area contributed by atoms with Gasteiger partial charge in [-0.05, 0) is 37.5 Å². The van der Waals surface area contributed by atoms with Gasteiger partial charge in [-0.25, -0.2) is 4.98 Å². The Morgan fingerprint density at radius 2 is 2.12 bits per heavy atom. The number of hydrogen-bond donors (Lipinski definition) is 1. The van der Waals surface area contributed by atoms with E-state index in [1.807, 2.05) is 0 Å². The van der Waals surface area contributed by atoms with Gasteiger partial charge in [0.05, 0.1) is 15.2 Å². The van der Waals surface area contributed by atoms with Crippen LogP contribution in [0.2, 0.25) is 0 Å². The Morgan fingerprint density at radius 1 is 1.35 bits per heavy atom. The van der Waals surface area contributed by atoms with Crippen LogP contribution in [0.15, 0.2) is 18.2 Å². The standard InChI is InChI=1S/C14H18N2S/c1-10-16-12-5-4-11(8-13(12)17-10)14(9-15)6-2-3-7-14/h4-5,8H,2-3,6-7,9,15H2,1H3. The van der Waals surface area contributed by atoms with Gasteiger partial charge in [0.2, 0.25) is 0 Å². The van der Waals surface area contributed by atoms with E-state index in [0.29, 0.717) is 0 Å². The third kappa shape index (κ3) is 1.78. The van der Waals surface area contributed by atoms with Gasteiger partial charge in [-0.2, -0.15) is 0 Å². The Balaban J connectivity index is 2.10. The van der Waals surface area contributed by atoms with E-state index in [4.69, 9.17) is 5.73 Å². The van der Waals surface area contributed by atoms with Crippen molar-refractivity contribution in [3.05, 3.63) is 28.8 Å². The fourth-order valence-corrected chi connectivity index (χ4v) is 3.90. The van der Waals surface area contributed by atoms with Gasteiger partial charge in [-0.15, -0.1) is 11.3 Å². The monoisotopic (exact) mass is 246 g/mol. The largest absolute Gasteiger partial charge is 0.330 e. The maximum absolute atomic E-state index is 6.04. The molecule has 1 fully saturated rings. The molecule has 0 saturated heterocycles. The summed E-state index contributed by atoms with van der Waals surface area (Å²) in [7, 11) is 0. The zero-order valence-electron chi connectivity index (χ0n) is 10.2. The lowest BCUT2D eigenvalue weighted by Crippen LogP contribution is -2.31. The Morgan fingerprint density at radius 3 is 2.82 bits per heavy atom. The third-order valence-corrected chi connectivity index (χ3v) is 4.99. The Labute approximate surface area is 106 Å². The molecule has 2 nitrogen and oxygen atoms in total. The predicted molar refractivity (Wildman–Crippen MR) is 73.6 cm³/mol. The first-order valence-electron chi connectivity index (χ1n) is 6.31. The normalized spacial score (nSPS) is 18.9. The van der Waals surface area contributed by atoms with Crippen molar-refractivity contribution in [1.29, 1.82) is 0 Å². The molecule has 0 unspecified atom stereocenters. The van der Waals surface area contributed by atoms with E-state index in [9.17, 15) is 0 Å². The smallest absolute Gasteiger partial charge is 0.0907 e. The number of fused-ring (bicyclic) bond motifs is 1. The fourth-order valence-electron chi connectivity index (χ4n) is 3.03. The molecule has 1 aliphatic rings. The summed E-state index contributed by atoms with van der Waals surface area (Å²) in [5, 5.41) is 1.14. The number of benzene rings is 1. The van der Waals surface area contributed by atoms with Gasteiger partial charge in [0.15, 0.2) is 0 Å². The molecule has 1 aromatic carbocycles. The van der Waals surface area contributed by atoms with Crippen molar-refractivity contribution in [2.75, 3.05) is 6.54 Å². The quantitative estimate of drug-likeness (QED) is 0.882. The molecule has 0 aliphatic heterocycles. The lowest BCUT2D eigenvalue weighted by atomic mass is 9.79. The lowest BCUT2D eigenvalue weighted by molar-refractivity contribution is 0.453. The van der Waals surface area contributed by atoms with E-state index >= 15 is 0 Å². The molecule has 0 amide bonds. The molecule has 2 N–H and O–H groups in total. The van der Waals surface area contributed by atoms with Crippen molar-refractivity contribution in [3.63, 3.8) is 0 Å². The van der Waals surface area contributed by atoms with Crippen LogP contribution in [0.3, 0.4) is 0 Å². The fraction of sp³-hybridized carbons (Fsp3) is 0.500. The maximum Gasteiger partial charge on any atom is 0.0907 e. The molecule has 0 bridgehead atoms. The number of aryl methyl sites for hydroxylation is 1. The molecule has 1 aliphatic carbocycles. The van der Waals surface area contributed by atoms with E-state index in [-0.39, 0.29) is 5.41 Å². The molecule has 1 aromatic heterocycles. The highest BCUT2D eigenvalue weighted by Gasteiger charge is 2.34. The minimum Gasteiger partial charge on any atom is -0.330 e. The highest BCUT2D eigenvalue weighted by atomic mass is 32.1. The van der Waals surface area contributed by atoms with E-state index in [0.717, 1.165) is 17.1 Å². The summed E-state index contributed by atoms with van der Waals surface area (Å²) < 4.78 is 1.31. The average Bonchev–Trinajstić information content (AvgIpc) is 2.93. The lowest BCUT2D eigenvalue weighted by Gasteiger charge is -2.27. The molecule has 1 heterocycles. The summed E-state index contributed by atoms with van der Waals surface area (Å²) >= 11 is 1.78. The van der Waals surface area contributed by atoms with Gasteiger partial charge in [0, 0.05) is 12.0 Å². The maximum atomic E-state index is 6.04. The van der Waals surface area contributed by atoms with E-state index in [2.05, 4.69) is 30.1 Å². The predicted octanol–water partition coefficient (Wildman–Crippen LogP) is 3.38. The molecule has 1 saturated carbocycles. The van der Waals surface area contributed by atoms with E-state index in [1.54, 1.807) is 11.3 Å². The first-order chi connectivity index (χ1) is 8.23. The second-order valence-electron chi connectivity index (χ2n) is 5.11. The van der Waals surface area contributed by atoms with Crippen molar-refractivity contribution in [3.8, 4) is 0 Å². The zero-order valence-corrected chi connectivity index (χ0v) is 11.0. The number of hydrogen-bond acceptors (Lipinski definition) is 3. The van der Waals surface area contributed by atoms with Gasteiger partial charge in [0.1, 0.15) is 0 Å². The molecule has 17 heavy (non-hydrogen) atoms. The molecule has 90 valence electrons. The minimum absolute atomic E-state index is 0.242. The first-order valence-corrected chi connectivity index (χ1v) is 7.13. The highest BCUT2D eigenvalue weighted by molar-refractivity contribution is 7.18. The molecule has 3 rings (SSSR count). The van der Waals surface area contributed by atoms with Crippen LogP contribution in [0.5, 0.6) is 0 Å². The second-order valence-corrected chi connectivity index (χ2v) is 6.34. The molecule has 2 aromatic rings. The van der Waals surface area contributed by atoms with Crippen LogP contribution in [0, 0.1) is 6.92 Å². The minimum atomic E-state index is 0.242. The number of rotatable bonds is 2. The van der Waals surface area contributed by atoms with Gasteiger partial charge < -0.3 is 5.73 Å². The van der Waals surface area contributed by atoms with Crippen LogP contribution >= 0.6 is 11.3 Å². The summed E-state index contributed by atoms with van der Waals surface area (Å²) in [6.45, 7) is 2.84. The Hall–Kier alpha value is -0.930. The summed E-state index contributed by atoms with van der Waals surface area (Å²) in [4.78, 5) is 4.52. The molecule has 0 radical (unpaired) electrons. The summed E-state index contributed by atoms with van der Waals surface area (Å²) in [6, 6.07) is 6.71. The van der Waals surface area contributed by atoms with Crippen LogP contribution in [-0.2, 0) is 5.41 Å². The van der Waals surface area contributed by atoms with Gasteiger partial charge in [-0.1, -0.05) is 18.9 Å². The molecule has 3 heteroatoms. The van der Waals surface area contributed by atoms with E-state index in [1.165, 1.54) is 35.9 Å². The summed E-state index contributed by atoms with van der Waals surface area (Å²) in [6.07, 6.45) is 5.12. The number of aromatic nitrogens is 1. The Kier molecular flexibility index (Phi) is 2.68. The first kappa shape index (κ1) is 11.2. The van der Waals surface area contributed by atoms with Gasteiger partial charge in [-0.3, -0.25) is 0 Å². The Bertz CT molecular complexity index is 538. The SMILES string of the molecule is Cc1nc2ccc(C3(CN)CCCC3)cc2s1. The number of nitrogens with two attached hydrogens (primary N) is 1. The highest BCUT2D eigenvalue weighted by Crippen LogP contribution is 2.41. The van der Waals surface area contributed by atoms with Crippen molar-refractivity contribution in [2.45, 2.75) is 38.0 Å². The molecule has 0 spiro atoms. The number of thiazole rings is 1. The molecular formula is C14H18N2S. The van der Waals surface area contributed by atoms with Crippen molar-refractivity contribution >= 4 is 21.6 Å². The van der Waals surface area contributed by atoms with Crippen LogP contribution in [0.1, 0.15) is 36.3 Å². The summed E-state index contributed by atoms with van der Waals surface area (Å²) in [5.41, 5.74) is 8.83. The van der Waals surface area contributed by atoms with Crippen LogP contribution in [0.25, 0.3) is 10.2 Å². The zero-order chi connectivity index (χ0) is 11.9. The van der Waals surface area contributed by atoms with Crippen LogP contribution in [-0.4, -0.2) is 11.5 Å². The van der Waals surface area contributed by atoms with Crippen molar-refractivity contribution in [2.24, 2.45) is 5.73 Å². The van der Waals surface area contributed by atoms with E-state index < -0.39 is 0 Å². The van der Waals surface area contributed by atoms with Crippen molar-refractivity contribution < 1.29 is 0 Å². The molecular weight excluding hydrogens is 228 g/mol. The second kappa shape index (κ2) is 4.07.